The van der Waals surface area contributed by atoms with Gasteiger partial charge < -0.3 is 19.1 Å². The van der Waals surface area contributed by atoms with Crippen molar-refractivity contribution >= 4 is 19.3 Å². The molecule has 0 bridgehead atoms. The van der Waals surface area contributed by atoms with Gasteiger partial charge in [0.05, 0.1) is 34.9 Å². The molecule has 0 spiro atoms. The number of nitro benzene ring substituents is 1. The number of nitro groups is 1. The van der Waals surface area contributed by atoms with Crippen LogP contribution in [0.2, 0.25) is 0 Å². The van der Waals surface area contributed by atoms with Gasteiger partial charge in [-0.3, -0.25) is 19.6 Å². The molecule has 1 saturated heterocycles. The third kappa shape index (κ3) is 6.65. The molecule has 1 unspecified atom stereocenters. The van der Waals surface area contributed by atoms with E-state index in [0.717, 1.165) is 5.56 Å². The van der Waals surface area contributed by atoms with E-state index < -0.39 is 24.4 Å². The quantitative estimate of drug-likeness (QED) is 0.189. The Morgan fingerprint density at radius 3 is 2.49 bits per heavy atom. The van der Waals surface area contributed by atoms with Crippen molar-refractivity contribution in [2.24, 2.45) is 5.92 Å². The lowest BCUT2D eigenvalue weighted by Gasteiger charge is -2.37. The summed E-state index contributed by atoms with van der Waals surface area (Å²) >= 11 is 0. The molecular formula is C28H34N3O7P. The molecular weight excluding hydrogens is 521 g/mol. The summed E-state index contributed by atoms with van der Waals surface area (Å²) < 4.78 is 31.3. The third-order valence-electron chi connectivity index (χ3n) is 6.71. The van der Waals surface area contributed by atoms with Gasteiger partial charge in [0.2, 0.25) is 0 Å². The molecule has 0 amide bonds. The molecule has 1 N–H and O–H groups in total. The number of benzene rings is 2. The normalized spacial score (nSPS) is 23.5. The lowest BCUT2D eigenvalue weighted by atomic mass is 9.86. The van der Waals surface area contributed by atoms with Crippen molar-refractivity contribution in [1.82, 2.24) is 10.2 Å². The summed E-state index contributed by atoms with van der Waals surface area (Å²) in [4.78, 5) is 26.7. The van der Waals surface area contributed by atoms with Crippen LogP contribution in [-0.2, 0) is 29.7 Å². The Balaban J connectivity index is 1.62. The van der Waals surface area contributed by atoms with Crippen molar-refractivity contribution in [3.8, 4) is 0 Å². The van der Waals surface area contributed by atoms with E-state index in [-0.39, 0.29) is 42.3 Å². The maximum absolute atomic E-state index is 14.0. The zero-order valence-electron chi connectivity index (χ0n) is 22.6. The first kappa shape index (κ1) is 28.7. The Morgan fingerprint density at radius 1 is 1.13 bits per heavy atom. The molecule has 1 atom stereocenters. The molecule has 0 radical (unpaired) electrons. The number of nitrogens with one attached hydrogen (secondary N) is 1. The molecule has 0 saturated carbocycles. The zero-order valence-corrected chi connectivity index (χ0v) is 23.5. The first-order valence-corrected chi connectivity index (χ1v) is 14.4. The van der Waals surface area contributed by atoms with Crippen molar-refractivity contribution in [3.63, 3.8) is 0 Å². The second-order valence-electron chi connectivity index (χ2n) is 10.0. The molecule has 1 fully saturated rings. The van der Waals surface area contributed by atoms with Gasteiger partial charge in [0.1, 0.15) is 6.61 Å². The number of hydrogen-bond donors (Lipinski definition) is 1. The molecule has 0 aliphatic carbocycles. The minimum absolute atomic E-state index is 0.0513. The first-order valence-electron chi connectivity index (χ1n) is 12.8. The number of hydrogen-bond acceptors (Lipinski definition) is 9. The van der Waals surface area contributed by atoms with Crippen LogP contribution in [0.15, 0.2) is 76.9 Å². The maximum atomic E-state index is 14.0. The van der Waals surface area contributed by atoms with Crippen LogP contribution in [-0.4, -0.2) is 49.2 Å². The number of ether oxygens (including phenoxy) is 1. The SMILES string of the molecule is CC1=C(C(=O)OCCN(C)Cc2ccccc2)C(c2cccc([N+](=O)[O-])c2)C(P2(=O)OCC(C)CO2)=C(C)N1. The van der Waals surface area contributed by atoms with Crippen LogP contribution in [0.5, 0.6) is 0 Å². The Bertz CT molecular complexity index is 1330. The largest absolute Gasteiger partial charge is 0.461 e. The molecule has 2 aromatic rings. The van der Waals surface area contributed by atoms with E-state index in [9.17, 15) is 19.5 Å². The number of carbonyl (C=O) groups excluding carboxylic acids is 1. The Kier molecular flexibility index (Phi) is 9.02. The Morgan fingerprint density at radius 2 is 1.82 bits per heavy atom. The highest BCUT2D eigenvalue weighted by Crippen LogP contribution is 2.65. The standard InChI is InChI=1S/C28H34N3O7P/c1-19-17-37-39(35,38-18-19)27-21(3)29-20(2)25(26(27)23-11-8-12-24(15-23)31(33)34)28(32)36-14-13-30(4)16-22-9-6-5-7-10-22/h5-12,15,19,26,29H,13-14,16-18H2,1-4H3. The summed E-state index contributed by atoms with van der Waals surface area (Å²) in [6.07, 6.45) is 0. The Hall–Kier alpha value is -3.30. The van der Waals surface area contributed by atoms with Gasteiger partial charge in [0.15, 0.2) is 0 Å². The van der Waals surface area contributed by atoms with E-state index in [1.54, 1.807) is 26.0 Å². The van der Waals surface area contributed by atoms with E-state index in [1.165, 1.54) is 12.1 Å². The van der Waals surface area contributed by atoms with Crippen LogP contribution in [0.3, 0.4) is 0 Å². The van der Waals surface area contributed by atoms with Crippen LogP contribution in [0.25, 0.3) is 0 Å². The van der Waals surface area contributed by atoms with Crippen LogP contribution in [0.1, 0.15) is 37.8 Å². The van der Waals surface area contributed by atoms with Gasteiger partial charge in [-0.05, 0) is 32.0 Å². The number of nitrogens with zero attached hydrogens (tertiary/aromatic N) is 2. The van der Waals surface area contributed by atoms with Gasteiger partial charge in [0, 0.05) is 42.5 Å². The van der Waals surface area contributed by atoms with E-state index in [2.05, 4.69) is 5.32 Å². The van der Waals surface area contributed by atoms with Crippen LogP contribution in [0, 0.1) is 16.0 Å². The monoisotopic (exact) mass is 555 g/mol. The topological polar surface area (TPSA) is 120 Å². The van der Waals surface area contributed by atoms with Gasteiger partial charge in [-0.25, -0.2) is 4.79 Å². The van der Waals surface area contributed by atoms with Crippen molar-refractivity contribution in [2.45, 2.75) is 33.2 Å². The summed E-state index contributed by atoms with van der Waals surface area (Å²) in [7, 11) is -1.89. The fourth-order valence-electron chi connectivity index (χ4n) is 4.78. The Labute approximate surface area is 228 Å². The predicted molar refractivity (Wildman–Crippen MR) is 147 cm³/mol. The van der Waals surface area contributed by atoms with E-state index in [1.807, 2.05) is 49.2 Å². The molecule has 11 heteroatoms. The van der Waals surface area contributed by atoms with Gasteiger partial charge >= 0.3 is 13.6 Å². The highest BCUT2D eigenvalue weighted by atomic mass is 31.2. The second-order valence-corrected chi connectivity index (χ2v) is 12.0. The van der Waals surface area contributed by atoms with Crippen molar-refractivity contribution in [3.05, 3.63) is 98.1 Å². The highest BCUT2D eigenvalue weighted by molar-refractivity contribution is 7.58. The minimum atomic E-state index is -3.83. The fraction of sp³-hybridized carbons (Fsp3) is 0.393. The summed E-state index contributed by atoms with van der Waals surface area (Å²) in [5.41, 5.74) is 2.65. The highest BCUT2D eigenvalue weighted by Gasteiger charge is 2.46. The molecule has 0 aromatic heterocycles. The van der Waals surface area contributed by atoms with Crippen LogP contribution < -0.4 is 5.32 Å². The summed E-state index contributed by atoms with van der Waals surface area (Å²) in [5, 5.41) is 15.0. The summed E-state index contributed by atoms with van der Waals surface area (Å²) in [6, 6.07) is 15.9. The fourth-order valence-corrected chi connectivity index (χ4v) is 7.10. The summed E-state index contributed by atoms with van der Waals surface area (Å²) in [6.45, 7) is 7.15. The molecule has 2 aliphatic rings. The van der Waals surface area contributed by atoms with E-state index >= 15 is 0 Å². The molecule has 2 heterocycles. The molecule has 2 aliphatic heterocycles. The third-order valence-corrected chi connectivity index (χ3v) is 8.88. The average Bonchev–Trinajstić information content (AvgIpc) is 2.90. The van der Waals surface area contributed by atoms with Crippen LogP contribution in [0.4, 0.5) is 5.69 Å². The van der Waals surface area contributed by atoms with Crippen LogP contribution >= 0.6 is 7.60 Å². The van der Waals surface area contributed by atoms with Gasteiger partial charge in [-0.1, -0.05) is 49.4 Å². The van der Waals surface area contributed by atoms with Gasteiger partial charge in [-0.2, -0.15) is 0 Å². The average molecular weight is 556 g/mol. The smallest absolute Gasteiger partial charge is 0.360 e. The van der Waals surface area contributed by atoms with Gasteiger partial charge in [-0.15, -0.1) is 0 Å². The minimum Gasteiger partial charge on any atom is -0.461 e. The predicted octanol–water partition coefficient (Wildman–Crippen LogP) is 5.34. The first-order chi connectivity index (χ1) is 18.6. The lowest BCUT2D eigenvalue weighted by molar-refractivity contribution is -0.384. The number of likely N-dealkylation sites (N-methyl/N-ethyl adjacent to an activating group) is 1. The zero-order chi connectivity index (χ0) is 28.2. The van der Waals surface area contributed by atoms with Gasteiger partial charge in [0.25, 0.3) is 5.69 Å². The summed E-state index contributed by atoms with van der Waals surface area (Å²) in [5.74, 6) is -1.47. The number of carbonyl (C=O) groups is 1. The number of non-ortho nitro benzene ring substituents is 1. The maximum Gasteiger partial charge on any atom is 0.360 e. The van der Waals surface area contributed by atoms with Crippen molar-refractivity contribution in [2.75, 3.05) is 33.4 Å². The number of allylic oxidation sites excluding steroid dienone is 3. The van der Waals surface area contributed by atoms with E-state index in [0.29, 0.717) is 30.0 Å². The molecule has 10 nitrogen and oxygen atoms in total. The van der Waals surface area contributed by atoms with E-state index in [4.69, 9.17) is 13.8 Å². The number of esters is 1. The number of dihydropyridines is 1. The van der Waals surface area contributed by atoms with Crippen molar-refractivity contribution < 1.29 is 28.1 Å². The second kappa shape index (κ2) is 12.3. The molecule has 4 rings (SSSR count). The molecule has 39 heavy (non-hydrogen) atoms. The molecule has 208 valence electrons. The van der Waals surface area contributed by atoms with Crippen molar-refractivity contribution in [1.29, 1.82) is 0 Å². The number of rotatable bonds is 9. The lowest BCUT2D eigenvalue weighted by Crippen LogP contribution is -2.32. The molecule has 2 aromatic carbocycles.